The monoisotopic (exact) mass is 367 g/mol. The van der Waals surface area contributed by atoms with E-state index in [1.807, 2.05) is 12.2 Å². The highest BCUT2D eigenvalue weighted by Crippen LogP contribution is 2.39. The largest absolute Gasteiger partial charge is 0.450 e. The van der Waals surface area contributed by atoms with E-state index in [0.717, 1.165) is 12.8 Å². The number of amides is 3. The van der Waals surface area contributed by atoms with Crippen molar-refractivity contribution >= 4 is 17.9 Å². The summed E-state index contributed by atoms with van der Waals surface area (Å²) < 4.78 is 10.5. The number of hydrogen-bond donors (Lipinski definition) is 3. The van der Waals surface area contributed by atoms with E-state index < -0.39 is 17.9 Å². The zero-order valence-electron chi connectivity index (χ0n) is 15.5. The lowest BCUT2D eigenvalue weighted by atomic mass is 9.81. The van der Waals surface area contributed by atoms with E-state index in [9.17, 15) is 14.4 Å². The van der Waals surface area contributed by atoms with E-state index in [-0.39, 0.29) is 24.0 Å². The molecular weight excluding hydrogens is 338 g/mol. The van der Waals surface area contributed by atoms with Crippen molar-refractivity contribution in [3.05, 3.63) is 12.2 Å². The predicted molar refractivity (Wildman–Crippen MR) is 95.4 cm³/mol. The van der Waals surface area contributed by atoms with Crippen LogP contribution >= 0.6 is 0 Å². The Balaban J connectivity index is 1.78. The molecule has 8 nitrogen and oxygen atoms in total. The van der Waals surface area contributed by atoms with Gasteiger partial charge in [0.1, 0.15) is 0 Å². The Kier molecular flexibility index (Phi) is 7.90. The summed E-state index contributed by atoms with van der Waals surface area (Å²) in [5.41, 5.74) is 0. The van der Waals surface area contributed by atoms with Crippen molar-refractivity contribution in [2.24, 2.45) is 11.8 Å². The Hall–Kier alpha value is -2.09. The molecule has 26 heavy (non-hydrogen) atoms. The summed E-state index contributed by atoms with van der Waals surface area (Å²) in [6.07, 6.45) is 5.06. The van der Waals surface area contributed by atoms with Crippen molar-refractivity contribution in [2.45, 2.75) is 45.3 Å². The Morgan fingerprint density at radius 2 is 1.42 bits per heavy atom. The van der Waals surface area contributed by atoms with E-state index in [1.165, 1.54) is 0 Å². The third kappa shape index (κ3) is 5.20. The van der Waals surface area contributed by atoms with Gasteiger partial charge in [-0.3, -0.25) is 9.59 Å². The van der Waals surface area contributed by atoms with Crippen LogP contribution in [0.4, 0.5) is 4.79 Å². The first-order valence-electron chi connectivity index (χ1n) is 9.38. The van der Waals surface area contributed by atoms with Gasteiger partial charge in [-0.15, -0.1) is 0 Å². The lowest BCUT2D eigenvalue weighted by Crippen LogP contribution is -2.46. The number of unbranched alkanes of at least 4 members (excludes halogenated alkanes) is 1. The van der Waals surface area contributed by atoms with Gasteiger partial charge in [0.2, 0.25) is 11.8 Å². The first-order valence-corrected chi connectivity index (χ1v) is 9.38. The van der Waals surface area contributed by atoms with E-state index in [2.05, 4.69) is 22.9 Å². The molecule has 1 saturated heterocycles. The fraction of sp³-hybridized carbons (Fsp3) is 0.722. The van der Waals surface area contributed by atoms with Crippen molar-refractivity contribution in [2.75, 3.05) is 26.2 Å². The lowest BCUT2D eigenvalue weighted by Gasteiger charge is -2.23. The molecule has 0 aliphatic carbocycles. The number of carbonyl (C=O) groups is 3. The molecule has 8 heteroatoms. The number of rotatable bonds is 10. The van der Waals surface area contributed by atoms with E-state index >= 15 is 0 Å². The van der Waals surface area contributed by atoms with Gasteiger partial charge < -0.3 is 25.4 Å². The van der Waals surface area contributed by atoms with Gasteiger partial charge in [0, 0.05) is 19.6 Å². The molecule has 2 rings (SSSR count). The normalized spacial score (nSPS) is 25.8. The van der Waals surface area contributed by atoms with Gasteiger partial charge in [0.05, 0.1) is 30.7 Å². The first-order chi connectivity index (χ1) is 12.6. The van der Waals surface area contributed by atoms with Crippen molar-refractivity contribution in [3.8, 4) is 0 Å². The van der Waals surface area contributed by atoms with Gasteiger partial charge in [-0.2, -0.15) is 0 Å². The van der Waals surface area contributed by atoms with Crippen molar-refractivity contribution in [1.82, 2.24) is 16.0 Å². The summed E-state index contributed by atoms with van der Waals surface area (Å²) in [5.74, 6) is -1.31. The molecule has 1 fully saturated rings. The standard InChI is InChI=1S/C18H29N3O5/c1-3-5-9-19-16(22)14-12-7-8-13(26-12)15(14)17(23)20-10-6-11-21-18(24)25-4-2/h7-8,12-15H,3-6,9-11H2,1-2H3,(H,19,22)(H,20,23)(H,21,24)/t12?,13?,14-,15+/m1/s1. The first kappa shape index (κ1) is 20.2. The number of fused-ring (bicyclic) bond motifs is 2. The van der Waals surface area contributed by atoms with Crippen LogP contribution in [0.5, 0.6) is 0 Å². The van der Waals surface area contributed by atoms with Crippen LogP contribution in [0.1, 0.15) is 33.1 Å². The van der Waals surface area contributed by atoms with Crippen LogP contribution in [0.15, 0.2) is 12.2 Å². The van der Waals surface area contributed by atoms with Gasteiger partial charge in [-0.1, -0.05) is 25.5 Å². The molecule has 3 N–H and O–H groups in total. The predicted octanol–water partition coefficient (Wildman–Crippen LogP) is 0.725. The quantitative estimate of drug-likeness (QED) is 0.390. The SMILES string of the molecule is CCCCNC(=O)[C@@H]1C2C=CC(O2)[C@@H]1C(=O)NCCCNC(=O)OCC. The van der Waals surface area contributed by atoms with Gasteiger partial charge in [0.25, 0.3) is 0 Å². The number of nitrogens with one attached hydrogen (secondary N) is 3. The maximum Gasteiger partial charge on any atom is 0.407 e. The molecule has 0 spiro atoms. The Morgan fingerprint density at radius 1 is 0.885 bits per heavy atom. The van der Waals surface area contributed by atoms with Crippen molar-refractivity contribution in [1.29, 1.82) is 0 Å². The zero-order valence-corrected chi connectivity index (χ0v) is 15.5. The van der Waals surface area contributed by atoms with Crippen LogP contribution in [-0.2, 0) is 19.1 Å². The highest BCUT2D eigenvalue weighted by Gasteiger charge is 2.52. The molecular formula is C18H29N3O5. The molecule has 2 heterocycles. The highest BCUT2D eigenvalue weighted by atomic mass is 16.5. The molecule has 0 aromatic carbocycles. The van der Waals surface area contributed by atoms with Gasteiger partial charge in [-0.05, 0) is 19.8 Å². The third-order valence-corrected chi connectivity index (χ3v) is 4.53. The summed E-state index contributed by atoms with van der Waals surface area (Å²) in [6, 6.07) is 0. The smallest absolute Gasteiger partial charge is 0.407 e. The average Bonchev–Trinajstić information content (AvgIpc) is 3.23. The minimum Gasteiger partial charge on any atom is -0.450 e. The number of carbonyl (C=O) groups excluding carboxylic acids is 3. The second kappa shape index (κ2) is 10.2. The van der Waals surface area contributed by atoms with Crippen molar-refractivity contribution in [3.63, 3.8) is 0 Å². The Labute approximate surface area is 154 Å². The Morgan fingerprint density at radius 3 is 1.96 bits per heavy atom. The molecule has 2 aliphatic heterocycles. The lowest BCUT2D eigenvalue weighted by molar-refractivity contribution is -0.134. The molecule has 0 aromatic rings. The van der Waals surface area contributed by atoms with Crippen LogP contribution in [0.2, 0.25) is 0 Å². The topological polar surface area (TPSA) is 106 Å². The van der Waals surface area contributed by atoms with Crippen LogP contribution < -0.4 is 16.0 Å². The fourth-order valence-electron chi connectivity index (χ4n) is 3.23. The maximum atomic E-state index is 12.6. The second-order valence-corrected chi connectivity index (χ2v) is 6.44. The van der Waals surface area contributed by atoms with Crippen LogP contribution in [0.3, 0.4) is 0 Å². The summed E-state index contributed by atoms with van der Waals surface area (Å²) in [7, 11) is 0. The molecule has 0 saturated carbocycles. The second-order valence-electron chi connectivity index (χ2n) is 6.44. The molecule has 0 radical (unpaired) electrons. The molecule has 3 amide bonds. The van der Waals surface area contributed by atoms with Gasteiger partial charge in [-0.25, -0.2) is 4.79 Å². The van der Waals surface area contributed by atoms with Gasteiger partial charge in [0.15, 0.2) is 0 Å². The fourth-order valence-corrected chi connectivity index (χ4v) is 3.23. The molecule has 0 aromatic heterocycles. The summed E-state index contributed by atoms with van der Waals surface area (Å²) in [4.78, 5) is 36.2. The molecule has 4 atom stereocenters. The van der Waals surface area contributed by atoms with E-state index in [0.29, 0.717) is 32.7 Å². The average molecular weight is 367 g/mol. The van der Waals surface area contributed by atoms with Crippen LogP contribution in [0, 0.1) is 11.8 Å². The molecule has 2 bridgehead atoms. The van der Waals surface area contributed by atoms with Crippen LogP contribution in [-0.4, -0.2) is 56.4 Å². The van der Waals surface area contributed by atoms with E-state index in [1.54, 1.807) is 6.92 Å². The number of hydrogen-bond acceptors (Lipinski definition) is 5. The highest BCUT2D eigenvalue weighted by molar-refractivity contribution is 5.90. The summed E-state index contributed by atoms with van der Waals surface area (Å²) in [5, 5.41) is 8.34. The zero-order chi connectivity index (χ0) is 18.9. The summed E-state index contributed by atoms with van der Waals surface area (Å²) >= 11 is 0. The van der Waals surface area contributed by atoms with Gasteiger partial charge >= 0.3 is 6.09 Å². The molecule has 146 valence electrons. The van der Waals surface area contributed by atoms with Crippen molar-refractivity contribution < 1.29 is 23.9 Å². The number of ether oxygens (including phenoxy) is 2. The van der Waals surface area contributed by atoms with Crippen LogP contribution in [0.25, 0.3) is 0 Å². The summed E-state index contributed by atoms with van der Waals surface area (Å²) in [6.45, 7) is 5.55. The molecule has 2 aliphatic rings. The minimum absolute atomic E-state index is 0.126. The Bertz CT molecular complexity index is 537. The minimum atomic E-state index is -0.510. The third-order valence-electron chi connectivity index (χ3n) is 4.53. The number of alkyl carbamates (subject to hydrolysis) is 1. The molecule has 2 unspecified atom stereocenters. The van der Waals surface area contributed by atoms with E-state index in [4.69, 9.17) is 9.47 Å². The maximum absolute atomic E-state index is 12.6.